The molecular weight excluding hydrogens is 238 g/mol. The van der Waals surface area contributed by atoms with Crippen molar-refractivity contribution in [2.75, 3.05) is 0 Å². The van der Waals surface area contributed by atoms with E-state index in [0.717, 1.165) is 31.2 Å². The van der Waals surface area contributed by atoms with E-state index in [1.807, 2.05) is 30.3 Å². The van der Waals surface area contributed by atoms with Gasteiger partial charge < -0.3 is 10.4 Å². The lowest BCUT2D eigenvalue weighted by atomic mass is 9.88. The van der Waals surface area contributed by atoms with Gasteiger partial charge in [-0.25, -0.2) is 0 Å². The van der Waals surface area contributed by atoms with Crippen LogP contribution >= 0.6 is 0 Å². The van der Waals surface area contributed by atoms with Gasteiger partial charge in [0.15, 0.2) is 0 Å². The molecular formula is C16H23NO2. The van der Waals surface area contributed by atoms with E-state index in [2.05, 4.69) is 5.32 Å². The molecule has 2 unspecified atom stereocenters. The minimum atomic E-state index is -0.588. The highest BCUT2D eigenvalue weighted by atomic mass is 16.3. The highest BCUT2D eigenvalue weighted by Gasteiger charge is 2.25. The van der Waals surface area contributed by atoms with E-state index in [1.54, 1.807) is 6.92 Å². The molecule has 0 heterocycles. The molecule has 1 aromatic rings. The first-order valence-electron chi connectivity index (χ1n) is 7.22. The third-order valence-electron chi connectivity index (χ3n) is 3.91. The Hall–Kier alpha value is -1.35. The molecule has 0 spiro atoms. The van der Waals surface area contributed by atoms with E-state index in [-0.39, 0.29) is 17.9 Å². The molecule has 0 saturated heterocycles. The van der Waals surface area contributed by atoms with Gasteiger partial charge in [-0.1, -0.05) is 49.6 Å². The van der Waals surface area contributed by atoms with Crippen molar-refractivity contribution in [2.24, 2.45) is 5.92 Å². The number of amides is 1. The highest BCUT2D eigenvalue weighted by Crippen LogP contribution is 2.25. The van der Waals surface area contributed by atoms with E-state index in [0.29, 0.717) is 0 Å². The van der Waals surface area contributed by atoms with Crippen LogP contribution in [0.2, 0.25) is 0 Å². The molecule has 1 aromatic carbocycles. The number of hydrogen-bond donors (Lipinski definition) is 2. The van der Waals surface area contributed by atoms with Crippen LogP contribution in [0, 0.1) is 5.92 Å². The third kappa shape index (κ3) is 3.80. The van der Waals surface area contributed by atoms with Gasteiger partial charge in [0.05, 0.1) is 12.1 Å². The maximum atomic E-state index is 12.3. The van der Waals surface area contributed by atoms with Gasteiger partial charge in [0.25, 0.3) is 0 Å². The molecule has 0 bridgehead atoms. The lowest BCUT2D eigenvalue weighted by Crippen LogP contribution is -2.39. The minimum Gasteiger partial charge on any atom is -0.391 e. The Bertz CT molecular complexity index is 396. The van der Waals surface area contributed by atoms with E-state index >= 15 is 0 Å². The first kappa shape index (κ1) is 14.1. The van der Waals surface area contributed by atoms with Crippen LogP contribution in [0.3, 0.4) is 0 Å². The number of nitrogens with one attached hydrogen (secondary N) is 1. The second kappa shape index (κ2) is 6.71. The molecule has 1 fully saturated rings. The molecule has 104 valence electrons. The average molecular weight is 261 g/mol. The largest absolute Gasteiger partial charge is 0.391 e. The Kier molecular flexibility index (Phi) is 4.97. The Balaban J connectivity index is 2.02. The second-order valence-corrected chi connectivity index (χ2v) is 5.47. The van der Waals surface area contributed by atoms with Gasteiger partial charge in [0, 0.05) is 5.92 Å². The molecule has 1 aliphatic rings. The Morgan fingerprint density at radius 2 is 1.84 bits per heavy atom. The molecule has 0 aromatic heterocycles. The second-order valence-electron chi connectivity index (χ2n) is 5.47. The van der Waals surface area contributed by atoms with Crippen molar-refractivity contribution in [1.82, 2.24) is 5.32 Å². The molecule has 1 saturated carbocycles. The van der Waals surface area contributed by atoms with E-state index < -0.39 is 6.10 Å². The van der Waals surface area contributed by atoms with Crippen LogP contribution in [-0.4, -0.2) is 17.1 Å². The topological polar surface area (TPSA) is 49.3 Å². The summed E-state index contributed by atoms with van der Waals surface area (Å²) < 4.78 is 0. The zero-order valence-corrected chi connectivity index (χ0v) is 11.5. The molecule has 0 aliphatic heterocycles. The Labute approximate surface area is 115 Å². The Morgan fingerprint density at radius 3 is 2.42 bits per heavy atom. The summed E-state index contributed by atoms with van der Waals surface area (Å²) in [5.41, 5.74) is 0.960. The number of rotatable bonds is 4. The molecule has 2 N–H and O–H groups in total. The van der Waals surface area contributed by atoms with Crippen molar-refractivity contribution >= 4 is 5.91 Å². The lowest BCUT2D eigenvalue weighted by Gasteiger charge is -2.26. The molecule has 2 atom stereocenters. The van der Waals surface area contributed by atoms with E-state index in [1.165, 1.54) is 6.42 Å². The summed E-state index contributed by atoms with van der Waals surface area (Å²) >= 11 is 0. The van der Waals surface area contributed by atoms with Gasteiger partial charge in [-0.3, -0.25) is 4.79 Å². The summed E-state index contributed by atoms with van der Waals surface area (Å²) in [4.78, 5) is 12.3. The zero-order chi connectivity index (χ0) is 13.7. The lowest BCUT2D eigenvalue weighted by molar-refractivity contribution is -0.127. The smallest absolute Gasteiger partial charge is 0.223 e. The standard InChI is InChI=1S/C16H23NO2/c1-12(18)15(13-8-4-2-5-9-13)17-16(19)14-10-6-3-7-11-14/h2,4-5,8-9,12,14-15,18H,3,6-7,10-11H2,1H3,(H,17,19). The van der Waals surface area contributed by atoms with Crippen molar-refractivity contribution in [3.05, 3.63) is 35.9 Å². The normalized spacial score (nSPS) is 19.7. The van der Waals surface area contributed by atoms with Crippen molar-refractivity contribution < 1.29 is 9.90 Å². The van der Waals surface area contributed by atoms with Gasteiger partial charge in [-0.05, 0) is 25.3 Å². The van der Waals surface area contributed by atoms with Crippen molar-refractivity contribution in [2.45, 2.75) is 51.2 Å². The summed E-state index contributed by atoms with van der Waals surface area (Å²) in [5.74, 6) is 0.216. The predicted octanol–water partition coefficient (Wildman–Crippen LogP) is 2.81. The number of carbonyl (C=O) groups is 1. The van der Waals surface area contributed by atoms with E-state index in [4.69, 9.17) is 0 Å². The first-order valence-corrected chi connectivity index (χ1v) is 7.22. The highest BCUT2D eigenvalue weighted by molar-refractivity contribution is 5.79. The number of aliphatic hydroxyl groups is 1. The molecule has 1 amide bonds. The predicted molar refractivity (Wildman–Crippen MR) is 75.6 cm³/mol. The van der Waals surface area contributed by atoms with Crippen LogP contribution in [0.15, 0.2) is 30.3 Å². The molecule has 0 radical (unpaired) electrons. The fourth-order valence-electron chi connectivity index (χ4n) is 2.78. The maximum absolute atomic E-state index is 12.3. The molecule has 19 heavy (non-hydrogen) atoms. The number of hydrogen-bond acceptors (Lipinski definition) is 2. The van der Waals surface area contributed by atoms with Crippen LogP contribution < -0.4 is 5.32 Å². The maximum Gasteiger partial charge on any atom is 0.223 e. The van der Waals surface area contributed by atoms with Gasteiger partial charge >= 0.3 is 0 Å². The van der Waals surface area contributed by atoms with Crippen LogP contribution in [0.5, 0.6) is 0 Å². The summed E-state index contributed by atoms with van der Waals surface area (Å²) in [6.45, 7) is 1.72. The van der Waals surface area contributed by atoms with Crippen LogP contribution in [-0.2, 0) is 4.79 Å². The van der Waals surface area contributed by atoms with Crippen molar-refractivity contribution in [3.63, 3.8) is 0 Å². The quantitative estimate of drug-likeness (QED) is 0.875. The summed E-state index contributed by atoms with van der Waals surface area (Å²) in [7, 11) is 0. The number of aliphatic hydroxyl groups excluding tert-OH is 1. The minimum absolute atomic E-state index is 0.0921. The molecule has 3 heteroatoms. The van der Waals surface area contributed by atoms with Gasteiger partial charge in [0.1, 0.15) is 0 Å². The Morgan fingerprint density at radius 1 is 1.21 bits per heavy atom. The summed E-state index contributed by atoms with van der Waals surface area (Å²) in [5, 5.41) is 12.9. The van der Waals surface area contributed by atoms with Gasteiger partial charge in [-0.2, -0.15) is 0 Å². The van der Waals surface area contributed by atoms with Crippen LogP contribution in [0.25, 0.3) is 0 Å². The fourth-order valence-corrected chi connectivity index (χ4v) is 2.78. The zero-order valence-electron chi connectivity index (χ0n) is 11.5. The monoisotopic (exact) mass is 261 g/mol. The van der Waals surface area contributed by atoms with E-state index in [9.17, 15) is 9.90 Å². The van der Waals surface area contributed by atoms with Gasteiger partial charge in [0.2, 0.25) is 5.91 Å². The summed E-state index contributed by atoms with van der Waals surface area (Å²) in [6.07, 6.45) is 4.89. The molecule has 2 rings (SSSR count). The number of benzene rings is 1. The fraction of sp³-hybridized carbons (Fsp3) is 0.562. The first-order chi connectivity index (χ1) is 9.18. The summed E-state index contributed by atoms with van der Waals surface area (Å²) in [6, 6.07) is 9.37. The third-order valence-corrected chi connectivity index (χ3v) is 3.91. The number of carbonyl (C=O) groups excluding carboxylic acids is 1. The SMILES string of the molecule is CC(O)C(NC(=O)C1CCCCC1)c1ccccc1. The average Bonchev–Trinajstić information content (AvgIpc) is 2.46. The van der Waals surface area contributed by atoms with Gasteiger partial charge in [-0.15, -0.1) is 0 Å². The molecule has 1 aliphatic carbocycles. The van der Waals surface area contributed by atoms with Crippen LogP contribution in [0.4, 0.5) is 0 Å². The van der Waals surface area contributed by atoms with Crippen LogP contribution in [0.1, 0.15) is 50.6 Å². The molecule has 3 nitrogen and oxygen atoms in total. The van der Waals surface area contributed by atoms with Crippen molar-refractivity contribution in [3.8, 4) is 0 Å². The van der Waals surface area contributed by atoms with Crippen molar-refractivity contribution in [1.29, 1.82) is 0 Å².